The lowest BCUT2D eigenvalue weighted by Gasteiger charge is -2.16. The molecule has 1 fully saturated rings. The highest BCUT2D eigenvalue weighted by atomic mass is 19.1. The smallest absolute Gasteiger partial charge is 0.259 e. The minimum Gasteiger partial charge on any atom is -0.494 e. The number of hydrogen-bond donors (Lipinski definition) is 1. The summed E-state index contributed by atoms with van der Waals surface area (Å²) in [6.07, 6.45) is 3.43. The fraction of sp³-hybridized carbons (Fsp3) is 0.304. The molecule has 0 saturated heterocycles. The standard InChI is InChI=1S/C23H22FN3O2/c24-16-5-3-4-15(12-16)22-20-13-18(29-11-2-1-10-25)8-9-19(20)23(28)27(17-6-7-17)21(22)14-26/h3-5,8-9,12-13,17H,1-2,6-7,10-11,25H2. The Bertz CT molecular complexity index is 1160. The molecule has 1 aromatic heterocycles. The van der Waals surface area contributed by atoms with Crippen LogP contribution in [0.5, 0.6) is 5.75 Å². The van der Waals surface area contributed by atoms with Crippen LogP contribution in [0.25, 0.3) is 21.9 Å². The van der Waals surface area contributed by atoms with Crippen LogP contribution in [-0.2, 0) is 0 Å². The molecule has 1 aliphatic rings. The highest BCUT2D eigenvalue weighted by molar-refractivity contribution is 5.99. The van der Waals surface area contributed by atoms with Crippen molar-refractivity contribution >= 4 is 10.8 Å². The summed E-state index contributed by atoms with van der Waals surface area (Å²) in [5, 5.41) is 11.0. The minimum absolute atomic E-state index is 0.0287. The van der Waals surface area contributed by atoms with Crippen LogP contribution in [0.15, 0.2) is 47.3 Å². The molecule has 3 aromatic rings. The van der Waals surface area contributed by atoms with Crippen LogP contribution in [-0.4, -0.2) is 17.7 Å². The van der Waals surface area contributed by atoms with Gasteiger partial charge in [-0.3, -0.25) is 9.36 Å². The Morgan fingerprint density at radius 2 is 2.00 bits per heavy atom. The second kappa shape index (κ2) is 8.06. The highest BCUT2D eigenvalue weighted by Crippen LogP contribution is 2.39. The van der Waals surface area contributed by atoms with Gasteiger partial charge >= 0.3 is 0 Å². The van der Waals surface area contributed by atoms with Crippen LogP contribution in [0.3, 0.4) is 0 Å². The number of fused-ring (bicyclic) bond motifs is 1. The molecule has 4 rings (SSSR count). The maximum absolute atomic E-state index is 14.0. The molecule has 0 aliphatic heterocycles. The molecular weight excluding hydrogens is 369 g/mol. The van der Waals surface area contributed by atoms with Gasteiger partial charge in [0.05, 0.1) is 6.61 Å². The molecule has 29 heavy (non-hydrogen) atoms. The molecule has 0 amide bonds. The molecule has 0 radical (unpaired) electrons. The number of nitrogens with zero attached hydrogens (tertiary/aromatic N) is 2. The van der Waals surface area contributed by atoms with E-state index in [1.807, 2.05) is 0 Å². The Kier molecular flexibility index (Phi) is 5.32. The lowest BCUT2D eigenvalue weighted by atomic mass is 9.96. The van der Waals surface area contributed by atoms with Crippen molar-refractivity contribution in [2.75, 3.05) is 13.2 Å². The molecule has 1 saturated carbocycles. The molecule has 1 heterocycles. The number of ether oxygens (including phenoxy) is 1. The van der Waals surface area contributed by atoms with Crippen LogP contribution >= 0.6 is 0 Å². The van der Waals surface area contributed by atoms with E-state index in [0.717, 1.165) is 25.7 Å². The van der Waals surface area contributed by atoms with E-state index in [0.29, 0.717) is 40.8 Å². The van der Waals surface area contributed by atoms with Crippen molar-refractivity contribution in [1.29, 1.82) is 5.26 Å². The van der Waals surface area contributed by atoms with Gasteiger partial charge in [0.15, 0.2) is 0 Å². The fourth-order valence-corrected chi connectivity index (χ4v) is 3.65. The Hall–Kier alpha value is -3.17. The Labute approximate surface area is 168 Å². The average Bonchev–Trinajstić information content (AvgIpc) is 3.55. The third-order valence-electron chi connectivity index (χ3n) is 5.19. The van der Waals surface area contributed by atoms with Crippen molar-refractivity contribution in [1.82, 2.24) is 4.57 Å². The largest absolute Gasteiger partial charge is 0.494 e. The van der Waals surface area contributed by atoms with Gasteiger partial charge in [0, 0.05) is 22.4 Å². The summed E-state index contributed by atoms with van der Waals surface area (Å²) >= 11 is 0. The summed E-state index contributed by atoms with van der Waals surface area (Å²) < 4.78 is 21.4. The molecule has 0 bridgehead atoms. The van der Waals surface area contributed by atoms with Gasteiger partial charge in [0.2, 0.25) is 0 Å². The highest BCUT2D eigenvalue weighted by Gasteiger charge is 2.30. The number of halogens is 1. The van der Waals surface area contributed by atoms with Crippen LogP contribution in [0.2, 0.25) is 0 Å². The number of unbranched alkanes of at least 4 members (excludes halogenated alkanes) is 1. The third kappa shape index (κ3) is 3.74. The first-order valence-electron chi connectivity index (χ1n) is 9.85. The van der Waals surface area contributed by atoms with E-state index in [4.69, 9.17) is 10.5 Å². The van der Waals surface area contributed by atoms with E-state index < -0.39 is 5.82 Å². The predicted molar refractivity (Wildman–Crippen MR) is 110 cm³/mol. The van der Waals surface area contributed by atoms with Crippen molar-refractivity contribution in [3.8, 4) is 22.9 Å². The molecular formula is C23H22FN3O2. The summed E-state index contributed by atoms with van der Waals surface area (Å²) in [6.45, 7) is 1.12. The topological polar surface area (TPSA) is 81.0 Å². The van der Waals surface area contributed by atoms with Gasteiger partial charge in [0.1, 0.15) is 23.3 Å². The van der Waals surface area contributed by atoms with Crippen molar-refractivity contribution in [3.05, 3.63) is 64.3 Å². The van der Waals surface area contributed by atoms with E-state index >= 15 is 0 Å². The molecule has 0 spiro atoms. The second-order valence-corrected chi connectivity index (χ2v) is 7.30. The van der Waals surface area contributed by atoms with Gasteiger partial charge in [-0.2, -0.15) is 5.26 Å². The first kappa shape index (κ1) is 19.2. The average molecular weight is 391 g/mol. The SMILES string of the molecule is N#Cc1c(-c2cccc(F)c2)c2cc(OCCCCN)ccc2c(=O)n1C1CC1. The summed E-state index contributed by atoms with van der Waals surface area (Å²) in [5.41, 5.74) is 6.75. The second-order valence-electron chi connectivity index (χ2n) is 7.30. The van der Waals surface area contributed by atoms with Crippen LogP contribution < -0.4 is 16.0 Å². The predicted octanol–water partition coefficient (Wildman–Crippen LogP) is 4.13. The zero-order valence-corrected chi connectivity index (χ0v) is 16.0. The van der Waals surface area contributed by atoms with Crippen LogP contribution in [0, 0.1) is 17.1 Å². The summed E-state index contributed by atoms with van der Waals surface area (Å²) in [4.78, 5) is 13.1. The van der Waals surface area contributed by atoms with Crippen molar-refractivity contribution in [2.24, 2.45) is 5.73 Å². The quantitative estimate of drug-likeness (QED) is 0.614. The zero-order chi connectivity index (χ0) is 20.4. The number of nitriles is 1. The normalized spacial score (nSPS) is 13.4. The van der Waals surface area contributed by atoms with Crippen LogP contribution in [0.4, 0.5) is 4.39 Å². The maximum Gasteiger partial charge on any atom is 0.259 e. The molecule has 6 heteroatoms. The van der Waals surface area contributed by atoms with Gasteiger partial charge in [0.25, 0.3) is 5.56 Å². The van der Waals surface area contributed by atoms with Gasteiger partial charge < -0.3 is 10.5 Å². The van der Waals surface area contributed by atoms with E-state index in [2.05, 4.69) is 6.07 Å². The summed E-state index contributed by atoms with van der Waals surface area (Å²) in [6, 6.07) is 13.6. The van der Waals surface area contributed by atoms with Gasteiger partial charge in [-0.25, -0.2) is 4.39 Å². The minimum atomic E-state index is -0.391. The number of nitrogens with two attached hydrogens (primary N) is 1. The van der Waals surface area contributed by atoms with Crippen molar-refractivity contribution < 1.29 is 9.13 Å². The Morgan fingerprint density at radius 1 is 1.17 bits per heavy atom. The monoisotopic (exact) mass is 391 g/mol. The molecule has 148 valence electrons. The Morgan fingerprint density at radius 3 is 2.69 bits per heavy atom. The van der Waals surface area contributed by atoms with E-state index in [1.165, 1.54) is 12.1 Å². The number of benzene rings is 2. The molecule has 1 aliphatic carbocycles. The molecule has 5 nitrogen and oxygen atoms in total. The zero-order valence-electron chi connectivity index (χ0n) is 16.0. The Balaban J connectivity index is 1.93. The maximum atomic E-state index is 14.0. The lowest BCUT2D eigenvalue weighted by molar-refractivity contribution is 0.308. The lowest BCUT2D eigenvalue weighted by Crippen LogP contribution is -2.23. The molecule has 2 N–H and O–H groups in total. The van der Waals surface area contributed by atoms with Crippen molar-refractivity contribution in [3.63, 3.8) is 0 Å². The summed E-state index contributed by atoms with van der Waals surface area (Å²) in [7, 11) is 0. The number of aromatic nitrogens is 1. The van der Waals surface area contributed by atoms with Crippen molar-refractivity contribution in [2.45, 2.75) is 31.7 Å². The third-order valence-corrected chi connectivity index (χ3v) is 5.19. The van der Waals surface area contributed by atoms with Crippen LogP contribution in [0.1, 0.15) is 37.4 Å². The summed E-state index contributed by atoms with van der Waals surface area (Å²) in [5.74, 6) is 0.220. The molecule has 0 unspecified atom stereocenters. The van der Waals surface area contributed by atoms with Gasteiger partial charge in [-0.15, -0.1) is 0 Å². The first-order valence-corrected chi connectivity index (χ1v) is 9.85. The van der Waals surface area contributed by atoms with Gasteiger partial charge in [-0.05, 0) is 68.1 Å². The van der Waals surface area contributed by atoms with E-state index in [-0.39, 0.29) is 17.3 Å². The van der Waals surface area contributed by atoms with E-state index in [9.17, 15) is 14.4 Å². The van der Waals surface area contributed by atoms with E-state index in [1.54, 1.807) is 34.9 Å². The number of hydrogen-bond acceptors (Lipinski definition) is 4. The van der Waals surface area contributed by atoms with Gasteiger partial charge in [-0.1, -0.05) is 12.1 Å². The number of rotatable bonds is 7. The fourth-order valence-electron chi connectivity index (χ4n) is 3.65. The number of pyridine rings is 1. The first-order chi connectivity index (χ1) is 14.1. The molecule has 2 aromatic carbocycles. The molecule has 0 atom stereocenters.